The fourth-order valence-electron chi connectivity index (χ4n) is 2.72. The van der Waals surface area contributed by atoms with Crippen LogP contribution in [0.15, 0.2) is 70.6 Å². The summed E-state index contributed by atoms with van der Waals surface area (Å²) in [7, 11) is 0. The summed E-state index contributed by atoms with van der Waals surface area (Å²) in [6.45, 7) is 3.60. The summed E-state index contributed by atoms with van der Waals surface area (Å²) in [5.74, 6) is 0.257. The normalized spacial score (nSPS) is 10.7. The Balaban J connectivity index is 1.64. The molecule has 1 N–H and O–H groups in total. The van der Waals surface area contributed by atoms with Crippen molar-refractivity contribution in [3.8, 4) is 0 Å². The SMILES string of the molecule is CCN(Cc1ccccc1)C(=O)CSc1n[nH]c(=O)n1Cc1ccccc1. The molecule has 3 aromatic rings. The first-order valence-corrected chi connectivity index (χ1v) is 9.79. The van der Waals surface area contributed by atoms with Crippen LogP contribution in [0.5, 0.6) is 0 Å². The van der Waals surface area contributed by atoms with Gasteiger partial charge in [0.15, 0.2) is 5.16 Å². The molecular weight excluding hydrogens is 360 g/mol. The second-order valence-corrected chi connectivity index (χ2v) is 7.01. The lowest BCUT2D eigenvalue weighted by molar-refractivity contribution is -0.128. The maximum Gasteiger partial charge on any atom is 0.344 e. The molecule has 0 bridgehead atoms. The standard InChI is InChI=1S/C20H22N4O2S/c1-2-23(13-16-9-5-3-6-10-16)18(25)15-27-20-22-21-19(26)24(20)14-17-11-7-4-8-12-17/h3-12H,2,13-15H2,1H3,(H,21,26). The molecule has 0 aliphatic rings. The molecule has 0 saturated heterocycles. The Bertz CT molecular complexity index is 922. The fourth-order valence-corrected chi connectivity index (χ4v) is 3.57. The highest BCUT2D eigenvalue weighted by atomic mass is 32.2. The molecule has 0 aliphatic heterocycles. The van der Waals surface area contributed by atoms with Gasteiger partial charge in [0.25, 0.3) is 0 Å². The molecule has 0 spiro atoms. The van der Waals surface area contributed by atoms with Crippen LogP contribution in [0.25, 0.3) is 0 Å². The average Bonchev–Trinajstić information content (AvgIpc) is 3.05. The third kappa shape index (κ3) is 5.10. The quantitative estimate of drug-likeness (QED) is 0.608. The minimum atomic E-state index is -0.273. The molecule has 0 aliphatic carbocycles. The third-order valence-electron chi connectivity index (χ3n) is 4.18. The van der Waals surface area contributed by atoms with Crippen LogP contribution in [0.4, 0.5) is 0 Å². The van der Waals surface area contributed by atoms with Crippen LogP contribution in [0.3, 0.4) is 0 Å². The van der Waals surface area contributed by atoms with Crippen molar-refractivity contribution in [1.29, 1.82) is 0 Å². The molecular formula is C20H22N4O2S. The first-order chi connectivity index (χ1) is 13.2. The van der Waals surface area contributed by atoms with Gasteiger partial charge in [0, 0.05) is 13.1 Å². The van der Waals surface area contributed by atoms with Crippen LogP contribution < -0.4 is 5.69 Å². The summed E-state index contributed by atoms with van der Waals surface area (Å²) < 4.78 is 1.56. The zero-order valence-corrected chi connectivity index (χ0v) is 16.0. The lowest BCUT2D eigenvalue weighted by Crippen LogP contribution is -2.31. The summed E-state index contributed by atoms with van der Waals surface area (Å²) >= 11 is 1.28. The van der Waals surface area contributed by atoms with Crippen molar-refractivity contribution in [2.45, 2.75) is 25.2 Å². The van der Waals surface area contributed by atoms with E-state index in [0.29, 0.717) is 24.8 Å². The van der Waals surface area contributed by atoms with Crippen LogP contribution in [0, 0.1) is 0 Å². The van der Waals surface area contributed by atoms with E-state index in [1.54, 1.807) is 9.47 Å². The van der Waals surface area contributed by atoms with Gasteiger partial charge >= 0.3 is 5.69 Å². The van der Waals surface area contributed by atoms with Crippen LogP contribution in [-0.4, -0.2) is 37.9 Å². The molecule has 1 heterocycles. The highest BCUT2D eigenvalue weighted by molar-refractivity contribution is 7.99. The van der Waals surface area contributed by atoms with E-state index < -0.39 is 0 Å². The van der Waals surface area contributed by atoms with E-state index in [0.717, 1.165) is 11.1 Å². The molecule has 140 valence electrons. The van der Waals surface area contributed by atoms with E-state index >= 15 is 0 Å². The monoisotopic (exact) mass is 382 g/mol. The Hall–Kier alpha value is -2.80. The van der Waals surface area contributed by atoms with Crippen LogP contribution in [-0.2, 0) is 17.9 Å². The summed E-state index contributed by atoms with van der Waals surface area (Å²) in [6.07, 6.45) is 0. The van der Waals surface area contributed by atoms with Crippen molar-refractivity contribution < 1.29 is 4.79 Å². The average molecular weight is 382 g/mol. The van der Waals surface area contributed by atoms with Crippen molar-refractivity contribution in [3.05, 3.63) is 82.3 Å². The van der Waals surface area contributed by atoms with Gasteiger partial charge in [-0.2, -0.15) is 0 Å². The van der Waals surface area contributed by atoms with E-state index in [4.69, 9.17) is 0 Å². The smallest absolute Gasteiger partial charge is 0.338 e. The van der Waals surface area contributed by atoms with Gasteiger partial charge in [-0.15, -0.1) is 5.10 Å². The molecule has 27 heavy (non-hydrogen) atoms. The molecule has 7 heteroatoms. The van der Waals surface area contributed by atoms with E-state index in [2.05, 4.69) is 10.2 Å². The van der Waals surface area contributed by atoms with Gasteiger partial charge in [0.2, 0.25) is 5.91 Å². The Morgan fingerprint density at radius 3 is 2.33 bits per heavy atom. The number of H-pyrrole nitrogens is 1. The van der Waals surface area contributed by atoms with Crippen molar-refractivity contribution in [3.63, 3.8) is 0 Å². The predicted octanol–water partition coefficient (Wildman–Crippen LogP) is 2.76. The zero-order valence-electron chi connectivity index (χ0n) is 15.2. The van der Waals surface area contributed by atoms with Gasteiger partial charge in [-0.25, -0.2) is 9.89 Å². The minimum absolute atomic E-state index is 0.0214. The van der Waals surface area contributed by atoms with Crippen LogP contribution >= 0.6 is 11.8 Å². The summed E-state index contributed by atoms with van der Waals surface area (Å²) in [5.41, 5.74) is 1.83. The van der Waals surface area contributed by atoms with Crippen molar-refractivity contribution in [1.82, 2.24) is 19.7 Å². The Morgan fingerprint density at radius 2 is 1.70 bits per heavy atom. The van der Waals surface area contributed by atoms with E-state index in [1.807, 2.05) is 67.6 Å². The second kappa shape index (κ2) is 9.23. The number of thioether (sulfide) groups is 1. The van der Waals surface area contributed by atoms with Gasteiger partial charge in [0.1, 0.15) is 0 Å². The van der Waals surface area contributed by atoms with Gasteiger partial charge in [-0.1, -0.05) is 72.4 Å². The highest BCUT2D eigenvalue weighted by Crippen LogP contribution is 2.16. The third-order valence-corrected chi connectivity index (χ3v) is 5.14. The summed E-state index contributed by atoms with van der Waals surface area (Å²) in [6, 6.07) is 19.6. The van der Waals surface area contributed by atoms with Crippen molar-refractivity contribution in [2.75, 3.05) is 12.3 Å². The number of hydrogen-bond donors (Lipinski definition) is 1. The molecule has 6 nitrogen and oxygen atoms in total. The van der Waals surface area contributed by atoms with E-state index in [1.165, 1.54) is 11.8 Å². The van der Waals surface area contributed by atoms with Gasteiger partial charge in [-0.3, -0.25) is 9.36 Å². The molecule has 3 rings (SSSR count). The zero-order chi connectivity index (χ0) is 19.1. The summed E-state index contributed by atoms with van der Waals surface area (Å²) in [5, 5.41) is 7.07. The highest BCUT2D eigenvalue weighted by Gasteiger charge is 2.16. The molecule has 0 fully saturated rings. The number of benzene rings is 2. The number of rotatable bonds is 8. The molecule has 2 aromatic carbocycles. The van der Waals surface area contributed by atoms with E-state index in [-0.39, 0.29) is 17.3 Å². The molecule has 0 atom stereocenters. The Kier molecular flexibility index (Phi) is 6.49. The van der Waals surface area contributed by atoms with Crippen molar-refractivity contribution in [2.24, 2.45) is 0 Å². The second-order valence-electron chi connectivity index (χ2n) is 6.07. The number of carbonyl (C=O) groups excluding carboxylic acids is 1. The fraction of sp³-hybridized carbons (Fsp3) is 0.250. The molecule has 0 radical (unpaired) electrons. The molecule has 1 amide bonds. The Morgan fingerprint density at radius 1 is 1.07 bits per heavy atom. The van der Waals surface area contributed by atoms with Gasteiger partial charge in [-0.05, 0) is 18.1 Å². The van der Waals surface area contributed by atoms with E-state index in [9.17, 15) is 9.59 Å². The maximum absolute atomic E-state index is 12.6. The maximum atomic E-state index is 12.6. The minimum Gasteiger partial charge on any atom is -0.338 e. The largest absolute Gasteiger partial charge is 0.344 e. The molecule has 1 aromatic heterocycles. The number of nitrogens with one attached hydrogen (secondary N) is 1. The lowest BCUT2D eigenvalue weighted by atomic mass is 10.2. The number of amides is 1. The number of nitrogens with zero attached hydrogens (tertiary/aromatic N) is 3. The molecule has 0 unspecified atom stereocenters. The first-order valence-electron chi connectivity index (χ1n) is 8.81. The predicted molar refractivity (Wildman–Crippen MR) is 107 cm³/mol. The van der Waals surface area contributed by atoms with Crippen LogP contribution in [0.2, 0.25) is 0 Å². The molecule has 0 saturated carbocycles. The topological polar surface area (TPSA) is 71.0 Å². The Labute approximate surface area is 162 Å². The van der Waals surface area contributed by atoms with Crippen molar-refractivity contribution >= 4 is 17.7 Å². The van der Waals surface area contributed by atoms with Gasteiger partial charge in [0.05, 0.1) is 12.3 Å². The first kappa shape index (κ1) is 19.0. The number of aromatic amines is 1. The lowest BCUT2D eigenvalue weighted by Gasteiger charge is -2.20. The van der Waals surface area contributed by atoms with Crippen LogP contribution in [0.1, 0.15) is 18.1 Å². The summed E-state index contributed by atoms with van der Waals surface area (Å²) in [4.78, 5) is 26.5. The number of carbonyl (C=O) groups is 1. The number of aromatic nitrogens is 3. The number of hydrogen-bond acceptors (Lipinski definition) is 4. The van der Waals surface area contributed by atoms with Gasteiger partial charge < -0.3 is 4.90 Å².